The lowest BCUT2D eigenvalue weighted by Gasteiger charge is -1.97. The van der Waals surface area contributed by atoms with Gasteiger partial charge in [-0.25, -0.2) is 0 Å². The lowest BCUT2D eigenvalue weighted by Crippen LogP contribution is -1.75. The predicted molar refractivity (Wildman–Crippen MR) is 47.5 cm³/mol. The van der Waals surface area contributed by atoms with Crippen molar-refractivity contribution in [3.63, 3.8) is 0 Å². The van der Waals surface area contributed by atoms with E-state index in [0.717, 1.165) is 11.1 Å². The number of aryl methyl sites for hydroxylation is 1. The number of phenols is 1. The van der Waals surface area contributed by atoms with Crippen molar-refractivity contribution < 1.29 is 5.11 Å². The third kappa shape index (κ3) is 2.14. The minimum absolute atomic E-state index is 0.229. The molecule has 0 bridgehead atoms. The van der Waals surface area contributed by atoms with Gasteiger partial charge in [-0.2, -0.15) is 5.26 Å². The van der Waals surface area contributed by atoms with Crippen molar-refractivity contribution in [1.82, 2.24) is 0 Å². The zero-order valence-corrected chi connectivity index (χ0v) is 6.78. The van der Waals surface area contributed by atoms with E-state index in [9.17, 15) is 5.11 Å². The minimum atomic E-state index is 0.229. The molecule has 12 heavy (non-hydrogen) atoms. The lowest BCUT2D eigenvalue weighted by atomic mass is 10.1. The number of hydrogen-bond donors (Lipinski definition) is 1. The highest BCUT2D eigenvalue weighted by atomic mass is 16.3. The Labute approximate surface area is 71.4 Å². The molecular weight excluding hydrogens is 150 g/mol. The van der Waals surface area contributed by atoms with E-state index in [1.807, 2.05) is 19.1 Å². The van der Waals surface area contributed by atoms with Gasteiger partial charge >= 0.3 is 0 Å². The van der Waals surface area contributed by atoms with Gasteiger partial charge in [-0.15, -0.1) is 0 Å². The van der Waals surface area contributed by atoms with Crippen LogP contribution in [0.1, 0.15) is 11.1 Å². The van der Waals surface area contributed by atoms with E-state index < -0.39 is 0 Å². The van der Waals surface area contributed by atoms with Crippen LogP contribution in [-0.4, -0.2) is 5.11 Å². The fourth-order valence-corrected chi connectivity index (χ4v) is 1.02. The molecule has 1 rings (SSSR count). The van der Waals surface area contributed by atoms with E-state index in [-0.39, 0.29) is 5.75 Å². The van der Waals surface area contributed by atoms with E-state index in [2.05, 4.69) is 0 Å². The van der Waals surface area contributed by atoms with Crippen LogP contribution in [0, 0.1) is 18.3 Å². The second-order valence-corrected chi connectivity index (χ2v) is 2.56. The molecule has 0 saturated carbocycles. The lowest BCUT2D eigenvalue weighted by molar-refractivity contribution is 0.475. The smallest absolute Gasteiger partial charge is 0.116 e. The topological polar surface area (TPSA) is 44.0 Å². The normalized spacial score (nSPS) is 10.0. The van der Waals surface area contributed by atoms with E-state index in [1.165, 1.54) is 6.08 Å². The first-order chi connectivity index (χ1) is 5.72. The fourth-order valence-electron chi connectivity index (χ4n) is 1.02. The van der Waals surface area contributed by atoms with Crippen LogP contribution in [0.25, 0.3) is 6.08 Å². The fraction of sp³-hybridized carbons (Fsp3) is 0.100. The van der Waals surface area contributed by atoms with Gasteiger partial charge < -0.3 is 5.11 Å². The van der Waals surface area contributed by atoms with Crippen molar-refractivity contribution in [2.45, 2.75) is 6.92 Å². The average Bonchev–Trinajstić information content (AvgIpc) is 1.99. The second-order valence-electron chi connectivity index (χ2n) is 2.56. The zero-order valence-electron chi connectivity index (χ0n) is 6.78. The van der Waals surface area contributed by atoms with Crippen molar-refractivity contribution in [1.29, 1.82) is 5.26 Å². The third-order valence-corrected chi connectivity index (χ3v) is 1.43. The van der Waals surface area contributed by atoms with Gasteiger partial charge in [-0.05, 0) is 36.3 Å². The van der Waals surface area contributed by atoms with Gasteiger partial charge in [0, 0.05) is 6.08 Å². The Hall–Kier alpha value is -1.75. The monoisotopic (exact) mass is 159 g/mol. The first-order valence-corrected chi connectivity index (χ1v) is 3.59. The first-order valence-electron chi connectivity index (χ1n) is 3.59. The van der Waals surface area contributed by atoms with Crippen LogP contribution >= 0.6 is 0 Å². The summed E-state index contributed by atoms with van der Waals surface area (Å²) in [6.07, 6.45) is 3.04. The summed E-state index contributed by atoms with van der Waals surface area (Å²) >= 11 is 0. The van der Waals surface area contributed by atoms with Gasteiger partial charge in [0.15, 0.2) is 0 Å². The predicted octanol–water partition coefficient (Wildman–Crippen LogP) is 2.24. The maximum atomic E-state index is 9.18. The largest absolute Gasteiger partial charge is 0.508 e. The summed E-state index contributed by atoms with van der Waals surface area (Å²) in [7, 11) is 0. The van der Waals surface area contributed by atoms with E-state index in [1.54, 1.807) is 18.2 Å². The average molecular weight is 159 g/mol. The molecule has 0 unspecified atom stereocenters. The zero-order chi connectivity index (χ0) is 8.97. The molecule has 0 fully saturated rings. The molecule has 1 N–H and O–H groups in total. The highest BCUT2D eigenvalue weighted by Gasteiger charge is 1.92. The molecule has 0 radical (unpaired) electrons. The van der Waals surface area contributed by atoms with Gasteiger partial charge in [-0.3, -0.25) is 0 Å². The summed E-state index contributed by atoms with van der Waals surface area (Å²) in [5, 5.41) is 17.4. The Morgan fingerprint density at radius 2 is 2.17 bits per heavy atom. The summed E-state index contributed by atoms with van der Waals surface area (Å²) in [5.41, 5.74) is 1.82. The van der Waals surface area contributed by atoms with Crippen LogP contribution in [0.15, 0.2) is 24.3 Å². The van der Waals surface area contributed by atoms with Gasteiger partial charge in [0.05, 0.1) is 6.07 Å². The Balaban J connectivity index is 3.03. The number of nitrogens with zero attached hydrogens (tertiary/aromatic N) is 1. The maximum Gasteiger partial charge on any atom is 0.116 e. The molecule has 0 aliphatic carbocycles. The van der Waals surface area contributed by atoms with E-state index in [0.29, 0.717) is 0 Å². The standard InChI is InChI=1S/C10H9NO/c1-8-5-9(3-2-4-11)7-10(12)6-8/h2-3,5-7,12H,1H3/b3-2+. The molecule has 0 aliphatic heterocycles. The molecule has 0 amide bonds. The number of rotatable bonds is 1. The number of hydrogen-bond acceptors (Lipinski definition) is 2. The number of aromatic hydroxyl groups is 1. The van der Waals surface area contributed by atoms with Crippen LogP contribution in [0.3, 0.4) is 0 Å². The van der Waals surface area contributed by atoms with Gasteiger partial charge in [0.2, 0.25) is 0 Å². The van der Waals surface area contributed by atoms with Crippen molar-refractivity contribution in [3.8, 4) is 11.8 Å². The highest BCUT2D eigenvalue weighted by Crippen LogP contribution is 2.15. The Kier molecular flexibility index (Phi) is 2.49. The number of phenolic OH excluding ortho intramolecular Hbond substituents is 1. The van der Waals surface area contributed by atoms with Crippen LogP contribution in [0.5, 0.6) is 5.75 Å². The second kappa shape index (κ2) is 3.59. The van der Waals surface area contributed by atoms with Crippen LogP contribution in [0.2, 0.25) is 0 Å². The molecular formula is C10H9NO. The van der Waals surface area contributed by atoms with Gasteiger partial charge in [0.25, 0.3) is 0 Å². The van der Waals surface area contributed by atoms with E-state index in [4.69, 9.17) is 5.26 Å². The van der Waals surface area contributed by atoms with Crippen LogP contribution in [-0.2, 0) is 0 Å². The number of benzene rings is 1. The summed E-state index contributed by atoms with van der Waals surface area (Å²) in [6.45, 7) is 1.89. The summed E-state index contributed by atoms with van der Waals surface area (Å²) in [4.78, 5) is 0. The Morgan fingerprint density at radius 1 is 1.42 bits per heavy atom. The Bertz CT molecular complexity index is 327. The van der Waals surface area contributed by atoms with Crippen molar-refractivity contribution in [2.24, 2.45) is 0 Å². The number of allylic oxidation sites excluding steroid dienone is 1. The molecule has 60 valence electrons. The summed E-state index contributed by atoms with van der Waals surface area (Å²) in [5.74, 6) is 0.229. The summed E-state index contributed by atoms with van der Waals surface area (Å²) < 4.78 is 0. The van der Waals surface area contributed by atoms with Crippen molar-refractivity contribution in [3.05, 3.63) is 35.4 Å². The van der Waals surface area contributed by atoms with Crippen LogP contribution in [0.4, 0.5) is 0 Å². The molecule has 2 nitrogen and oxygen atoms in total. The molecule has 1 aromatic carbocycles. The van der Waals surface area contributed by atoms with Crippen LogP contribution < -0.4 is 0 Å². The van der Waals surface area contributed by atoms with Crippen molar-refractivity contribution >= 4 is 6.08 Å². The quantitative estimate of drug-likeness (QED) is 0.638. The third-order valence-electron chi connectivity index (χ3n) is 1.43. The van der Waals surface area contributed by atoms with Gasteiger partial charge in [-0.1, -0.05) is 6.07 Å². The molecule has 0 aromatic heterocycles. The molecule has 0 spiro atoms. The molecule has 2 heteroatoms. The maximum absolute atomic E-state index is 9.18. The highest BCUT2D eigenvalue weighted by molar-refractivity contribution is 5.55. The SMILES string of the molecule is Cc1cc(O)cc(/C=C/C#N)c1. The molecule has 0 aliphatic rings. The van der Waals surface area contributed by atoms with Crippen molar-refractivity contribution in [2.75, 3.05) is 0 Å². The molecule has 1 aromatic rings. The minimum Gasteiger partial charge on any atom is -0.508 e. The number of nitriles is 1. The molecule has 0 saturated heterocycles. The summed E-state index contributed by atoms with van der Waals surface area (Å²) in [6, 6.07) is 7.07. The Morgan fingerprint density at radius 3 is 2.75 bits per heavy atom. The van der Waals surface area contributed by atoms with E-state index >= 15 is 0 Å². The first kappa shape index (κ1) is 8.35. The molecule has 0 atom stereocenters. The molecule has 0 heterocycles. The van der Waals surface area contributed by atoms with Gasteiger partial charge in [0.1, 0.15) is 5.75 Å².